The number of hydrogen-bond donors (Lipinski definition) is 1. The molecule has 156 valence electrons. The zero-order valence-electron chi connectivity index (χ0n) is 16.3. The van der Waals surface area contributed by atoms with E-state index in [4.69, 9.17) is 14.3 Å². The summed E-state index contributed by atoms with van der Waals surface area (Å²) in [6.07, 6.45) is 3.36. The predicted octanol–water partition coefficient (Wildman–Crippen LogP) is 1.42. The zero-order chi connectivity index (χ0) is 19.5. The van der Waals surface area contributed by atoms with Gasteiger partial charge in [-0.05, 0) is 31.1 Å². The molecule has 0 aromatic heterocycles. The summed E-state index contributed by atoms with van der Waals surface area (Å²) in [5, 5.41) is 0. The number of carbonyl (C=O) groups is 1. The van der Waals surface area contributed by atoms with Crippen LogP contribution in [0, 0.1) is 11.8 Å². The lowest BCUT2D eigenvalue weighted by molar-refractivity contribution is -0.202. The molecule has 3 rings (SSSR count). The fourth-order valence-corrected chi connectivity index (χ4v) is 6.72. The highest BCUT2D eigenvalue weighted by Crippen LogP contribution is 2.36. The zero-order valence-corrected chi connectivity index (χ0v) is 17.1. The first-order valence-electron chi connectivity index (χ1n) is 10.0. The van der Waals surface area contributed by atoms with Crippen LogP contribution in [0.5, 0.6) is 0 Å². The maximum Gasteiger partial charge on any atom is 0.266 e. The predicted molar refractivity (Wildman–Crippen MR) is 99.0 cm³/mol. The van der Waals surface area contributed by atoms with Crippen molar-refractivity contribution < 1.29 is 27.5 Å². The molecule has 0 aromatic carbocycles. The number of nitrogens with one attached hydrogen (secondary N) is 1. The Hall–Kier alpha value is -0.740. The van der Waals surface area contributed by atoms with Crippen LogP contribution in [0.1, 0.15) is 52.4 Å². The number of ether oxygens (including phenoxy) is 2. The number of piperidine rings is 1. The molecule has 0 spiro atoms. The quantitative estimate of drug-likeness (QED) is 0.697. The van der Waals surface area contributed by atoms with E-state index in [1.165, 1.54) is 4.31 Å². The van der Waals surface area contributed by atoms with E-state index in [2.05, 4.69) is 19.3 Å². The second kappa shape index (κ2) is 8.73. The molecule has 1 amide bonds. The van der Waals surface area contributed by atoms with Gasteiger partial charge in [0.15, 0.2) is 11.0 Å². The van der Waals surface area contributed by atoms with Gasteiger partial charge in [0.2, 0.25) is 10.0 Å². The molecule has 3 saturated heterocycles. The number of rotatable bonds is 5. The minimum Gasteiger partial charge on any atom is -0.381 e. The Bertz CT molecular complexity index is 603. The van der Waals surface area contributed by atoms with Gasteiger partial charge < -0.3 is 9.47 Å². The van der Waals surface area contributed by atoms with Crippen molar-refractivity contribution in [3.63, 3.8) is 0 Å². The summed E-state index contributed by atoms with van der Waals surface area (Å²) in [6.45, 7) is 6.08. The average molecular weight is 405 g/mol. The summed E-state index contributed by atoms with van der Waals surface area (Å²) in [6, 6.07) is 0. The number of hydrogen-bond acceptors (Lipinski definition) is 6. The fraction of sp³-hybridized carbons (Fsp3) is 0.944. The van der Waals surface area contributed by atoms with E-state index < -0.39 is 27.0 Å². The summed E-state index contributed by atoms with van der Waals surface area (Å²) in [5.41, 5.74) is 2.41. The monoisotopic (exact) mass is 404 g/mol. The second-order valence-corrected chi connectivity index (χ2v) is 10.5. The van der Waals surface area contributed by atoms with Gasteiger partial charge in [-0.15, -0.1) is 0 Å². The molecule has 3 atom stereocenters. The molecule has 3 unspecified atom stereocenters. The Labute approximate surface area is 161 Å². The number of sulfonamides is 1. The highest BCUT2D eigenvalue weighted by Gasteiger charge is 2.55. The van der Waals surface area contributed by atoms with E-state index in [9.17, 15) is 13.2 Å². The third-order valence-corrected chi connectivity index (χ3v) is 8.36. The lowest BCUT2D eigenvalue weighted by atomic mass is 9.93. The van der Waals surface area contributed by atoms with Gasteiger partial charge >= 0.3 is 0 Å². The summed E-state index contributed by atoms with van der Waals surface area (Å²) in [5.74, 6) is -0.0587. The van der Waals surface area contributed by atoms with Crippen molar-refractivity contribution in [1.29, 1.82) is 0 Å². The third-order valence-electron chi connectivity index (χ3n) is 5.80. The molecule has 0 bridgehead atoms. The standard InChI is InChI=1S/C18H32N2O6S/c1-14-11-15(2)13-20(12-14)27(22,23)18(6-9-24-10-7-18)17(21)19-26-16-5-3-4-8-25-16/h14-16H,3-13H2,1-2H3,(H,19,21). The van der Waals surface area contributed by atoms with Crippen LogP contribution in [0.15, 0.2) is 0 Å². The van der Waals surface area contributed by atoms with E-state index in [1.807, 2.05) is 0 Å². The third kappa shape index (κ3) is 4.48. The lowest BCUT2D eigenvalue weighted by Crippen LogP contribution is -2.61. The van der Waals surface area contributed by atoms with E-state index >= 15 is 0 Å². The SMILES string of the molecule is CC1CC(C)CN(S(=O)(=O)C2(C(=O)NOC3CCCCO3)CCOCC2)C1. The number of nitrogens with zero attached hydrogens (tertiary/aromatic N) is 1. The number of carbonyl (C=O) groups excluding carboxylic acids is 1. The van der Waals surface area contributed by atoms with Crippen LogP contribution in [0.3, 0.4) is 0 Å². The normalized spacial score (nSPS) is 32.7. The molecular formula is C18H32N2O6S. The Balaban J connectivity index is 1.77. The maximum absolute atomic E-state index is 13.6. The van der Waals surface area contributed by atoms with Crippen molar-refractivity contribution in [2.45, 2.75) is 63.4 Å². The van der Waals surface area contributed by atoms with Crippen molar-refractivity contribution >= 4 is 15.9 Å². The van der Waals surface area contributed by atoms with E-state index in [1.54, 1.807) is 0 Å². The largest absolute Gasteiger partial charge is 0.381 e. The highest BCUT2D eigenvalue weighted by molar-refractivity contribution is 7.91. The molecule has 1 N–H and O–H groups in total. The molecule has 0 aromatic rings. The summed E-state index contributed by atoms with van der Waals surface area (Å²) < 4.78 is 37.9. The van der Waals surface area contributed by atoms with Gasteiger partial charge in [-0.3, -0.25) is 4.79 Å². The van der Waals surface area contributed by atoms with Crippen molar-refractivity contribution in [1.82, 2.24) is 9.79 Å². The average Bonchev–Trinajstić information content (AvgIpc) is 2.66. The van der Waals surface area contributed by atoms with Crippen LogP contribution < -0.4 is 5.48 Å². The molecule has 3 aliphatic rings. The minimum absolute atomic E-state index is 0.134. The van der Waals surface area contributed by atoms with Crippen LogP contribution in [0.2, 0.25) is 0 Å². The van der Waals surface area contributed by atoms with E-state index in [-0.39, 0.29) is 37.9 Å². The summed E-state index contributed by atoms with van der Waals surface area (Å²) in [4.78, 5) is 18.5. The van der Waals surface area contributed by atoms with Crippen LogP contribution >= 0.6 is 0 Å². The van der Waals surface area contributed by atoms with Crippen molar-refractivity contribution in [3.05, 3.63) is 0 Å². The van der Waals surface area contributed by atoms with Crippen LogP contribution in [-0.2, 0) is 29.1 Å². The van der Waals surface area contributed by atoms with Crippen LogP contribution in [-0.4, -0.2) is 62.6 Å². The topological polar surface area (TPSA) is 94.2 Å². The Morgan fingerprint density at radius 3 is 2.37 bits per heavy atom. The molecular weight excluding hydrogens is 372 g/mol. The molecule has 0 aliphatic carbocycles. The van der Waals surface area contributed by atoms with E-state index in [0.717, 1.165) is 19.3 Å². The summed E-state index contributed by atoms with van der Waals surface area (Å²) >= 11 is 0. The first kappa shape index (κ1) is 21.0. The Morgan fingerprint density at radius 2 is 1.78 bits per heavy atom. The highest BCUT2D eigenvalue weighted by atomic mass is 32.2. The number of hydroxylamine groups is 1. The molecule has 27 heavy (non-hydrogen) atoms. The Morgan fingerprint density at radius 1 is 1.11 bits per heavy atom. The molecule has 8 nitrogen and oxygen atoms in total. The molecule has 0 radical (unpaired) electrons. The van der Waals surface area contributed by atoms with Gasteiger partial charge in [-0.2, -0.15) is 0 Å². The minimum atomic E-state index is -3.84. The van der Waals surface area contributed by atoms with Crippen LogP contribution in [0.4, 0.5) is 0 Å². The number of amides is 1. The smallest absolute Gasteiger partial charge is 0.266 e. The van der Waals surface area contributed by atoms with Crippen molar-refractivity contribution in [2.24, 2.45) is 11.8 Å². The van der Waals surface area contributed by atoms with Crippen molar-refractivity contribution in [2.75, 3.05) is 32.9 Å². The van der Waals surface area contributed by atoms with Crippen LogP contribution in [0.25, 0.3) is 0 Å². The fourth-order valence-electron chi connectivity index (χ4n) is 4.37. The van der Waals surface area contributed by atoms with E-state index in [0.29, 0.717) is 26.1 Å². The Kier molecular flexibility index (Phi) is 6.79. The first-order chi connectivity index (χ1) is 12.8. The molecule has 3 heterocycles. The van der Waals surface area contributed by atoms with Gasteiger partial charge in [0.25, 0.3) is 5.91 Å². The van der Waals surface area contributed by atoms with Gasteiger partial charge in [0.05, 0.1) is 0 Å². The molecule has 0 saturated carbocycles. The summed E-state index contributed by atoms with van der Waals surface area (Å²) in [7, 11) is -3.84. The second-order valence-electron chi connectivity index (χ2n) is 8.22. The molecule has 9 heteroatoms. The van der Waals surface area contributed by atoms with Gasteiger partial charge in [-0.1, -0.05) is 13.8 Å². The molecule has 3 fully saturated rings. The van der Waals surface area contributed by atoms with Gasteiger partial charge in [-0.25, -0.2) is 23.0 Å². The van der Waals surface area contributed by atoms with Crippen molar-refractivity contribution in [3.8, 4) is 0 Å². The lowest BCUT2D eigenvalue weighted by Gasteiger charge is -2.42. The maximum atomic E-state index is 13.6. The van der Waals surface area contributed by atoms with Gasteiger partial charge in [0.1, 0.15) is 0 Å². The molecule has 3 aliphatic heterocycles. The first-order valence-corrected chi connectivity index (χ1v) is 11.4. The van der Waals surface area contributed by atoms with Gasteiger partial charge in [0, 0.05) is 52.2 Å².